The molecule has 2 saturated heterocycles. The maximum Gasteiger partial charge on any atom is 0.269 e. The molecule has 146 valence electrons. The molecule has 0 spiro atoms. The topological polar surface area (TPSA) is 88.5 Å². The number of aromatic nitrogens is 1. The van der Waals surface area contributed by atoms with E-state index in [9.17, 15) is 4.79 Å². The molecule has 2 fully saturated rings. The molecule has 0 aromatic carbocycles. The number of pyridine rings is 1. The molecule has 2 N–H and O–H groups in total. The second-order valence-corrected chi connectivity index (χ2v) is 7.46. The Morgan fingerprint density at radius 2 is 2.04 bits per heavy atom. The van der Waals surface area contributed by atoms with Crippen LogP contribution in [0.4, 0.5) is 11.5 Å². The predicted octanol–water partition coefficient (Wildman–Crippen LogP) is -0.0427. The number of nitrogens with zero attached hydrogens (tertiary/aromatic N) is 6. The minimum atomic E-state index is -0.104. The van der Waals surface area contributed by atoms with Gasteiger partial charge in [0.1, 0.15) is 17.7 Å². The lowest BCUT2D eigenvalue weighted by atomic mass is 10.1. The molecule has 1 amide bonds. The molecule has 2 unspecified atom stereocenters. The molecular formula is C19H24N8O. The SMILES string of the molecule is CN1CCN2C(=CC3C=NC(Nc4ccc(N5CCNCC5)cn4)=NC32)C1=O. The number of anilines is 2. The van der Waals surface area contributed by atoms with Crippen LogP contribution < -0.4 is 15.5 Å². The Kier molecular flexibility index (Phi) is 4.23. The van der Waals surface area contributed by atoms with Crippen molar-refractivity contribution in [3.05, 3.63) is 30.1 Å². The second-order valence-electron chi connectivity index (χ2n) is 7.46. The van der Waals surface area contributed by atoms with E-state index >= 15 is 0 Å². The fourth-order valence-electron chi connectivity index (χ4n) is 4.06. The van der Waals surface area contributed by atoms with Gasteiger partial charge in [0.05, 0.1) is 17.8 Å². The molecule has 0 radical (unpaired) electrons. The van der Waals surface area contributed by atoms with Crippen molar-refractivity contribution < 1.29 is 4.79 Å². The minimum Gasteiger partial charge on any atom is -0.368 e. The first kappa shape index (κ1) is 17.2. The summed E-state index contributed by atoms with van der Waals surface area (Å²) >= 11 is 0. The number of fused-ring (bicyclic) bond motifs is 3. The summed E-state index contributed by atoms with van der Waals surface area (Å²) in [4.78, 5) is 32.2. The van der Waals surface area contributed by atoms with Gasteiger partial charge in [0.15, 0.2) is 0 Å². The van der Waals surface area contributed by atoms with E-state index in [4.69, 9.17) is 4.99 Å². The third-order valence-electron chi connectivity index (χ3n) is 5.66. The molecular weight excluding hydrogens is 356 g/mol. The molecule has 1 aromatic rings. The molecule has 9 nitrogen and oxygen atoms in total. The van der Waals surface area contributed by atoms with Crippen LogP contribution in [-0.4, -0.2) is 85.3 Å². The van der Waals surface area contributed by atoms with Crippen LogP contribution in [-0.2, 0) is 4.79 Å². The van der Waals surface area contributed by atoms with Crippen molar-refractivity contribution in [2.24, 2.45) is 15.9 Å². The highest BCUT2D eigenvalue weighted by atomic mass is 16.2. The summed E-state index contributed by atoms with van der Waals surface area (Å²) < 4.78 is 0. The molecule has 28 heavy (non-hydrogen) atoms. The predicted molar refractivity (Wildman–Crippen MR) is 109 cm³/mol. The van der Waals surface area contributed by atoms with Gasteiger partial charge in [-0.25, -0.2) is 15.0 Å². The van der Waals surface area contributed by atoms with E-state index < -0.39 is 0 Å². The third-order valence-corrected chi connectivity index (χ3v) is 5.66. The van der Waals surface area contributed by atoms with Gasteiger partial charge in [-0.3, -0.25) is 4.79 Å². The maximum atomic E-state index is 12.4. The molecule has 1 aromatic heterocycles. The zero-order chi connectivity index (χ0) is 19.1. The Balaban J connectivity index is 1.28. The van der Waals surface area contributed by atoms with Crippen LogP contribution in [0.5, 0.6) is 0 Å². The van der Waals surface area contributed by atoms with Crippen molar-refractivity contribution in [3.63, 3.8) is 0 Å². The van der Waals surface area contributed by atoms with Gasteiger partial charge >= 0.3 is 0 Å². The van der Waals surface area contributed by atoms with Crippen LogP contribution in [0.2, 0.25) is 0 Å². The molecule has 4 aliphatic rings. The van der Waals surface area contributed by atoms with Crippen molar-refractivity contribution in [1.29, 1.82) is 0 Å². The lowest BCUT2D eigenvalue weighted by molar-refractivity contribution is -0.130. The van der Waals surface area contributed by atoms with Gasteiger partial charge in [-0.05, 0) is 18.2 Å². The number of guanidine groups is 1. The monoisotopic (exact) mass is 380 g/mol. The van der Waals surface area contributed by atoms with Crippen LogP contribution in [0, 0.1) is 5.92 Å². The van der Waals surface area contributed by atoms with Crippen LogP contribution in [0.25, 0.3) is 0 Å². The first-order chi connectivity index (χ1) is 13.7. The van der Waals surface area contributed by atoms with Crippen LogP contribution in [0.1, 0.15) is 0 Å². The molecule has 2 atom stereocenters. The lowest BCUT2D eigenvalue weighted by Gasteiger charge is -2.36. The molecule has 0 saturated carbocycles. The number of hydrogen-bond acceptors (Lipinski definition) is 8. The summed E-state index contributed by atoms with van der Waals surface area (Å²) in [7, 11) is 1.84. The summed E-state index contributed by atoms with van der Waals surface area (Å²) in [5.74, 6) is 1.35. The van der Waals surface area contributed by atoms with Crippen LogP contribution in [0.3, 0.4) is 0 Å². The van der Waals surface area contributed by atoms with E-state index in [-0.39, 0.29) is 18.0 Å². The zero-order valence-electron chi connectivity index (χ0n) is 15.9. The van der Waals surface area contributed by atoms with Gasteiger partial charge in [-0.15, -0.1) is 0 Å². The highest BCUT2D eigenvalue weighted by Gasteiger charge is 2.41. The number of piperazine rings is 2. The Labute approximate surface area is 163 Å². The standard InChI is InChI=1S/C19H24N8O/c1-25-8-9-27-15(18(25)28)10-13-11-22-19(24-17(13)27)23-16-3-2-14(12-21-16)26-6-4-20-5-7-26/h2-3,10-13,17,20H,4-9H2,1H3,(H,21,23,24). The quantitative estimate of drug-likeness (QED) is 0.748. The smallest absolute Gasteiger partial charge is 0.269 e. The van der Waals surface area contributed by atoms with Crippen LogP contribution in [0.15, 0.2) is 40.1 Å². The summed E-state index contributed by atoms with van der Waals surface area (Å²) in [6.45, 7) is 5.49. The lowest BCUT2D eigenvalue weighted by Crippen LogP contribution is -2.49. The van der Waals surface area contributed by atoms with Crippen molar-refractivity contribution >= 4 is 29.6 Å². The van der Waals surface area contributed by atoms with Gasteiger partial charge in [-0.1, -0.05) is 0 Å². The Hall–Kier alpha value is -2.94. The van der Waals surface area contributed by atoms with E-state index in [1.165, 1.54) is 0 Å². The van der Waals surface area contributed by atoms with E-state index in [0.717, 1.165) is 44.1 Å². The summed E-state index contributed by atoms with van der Waals surface area (Å²) in [6, 6.07) is 4.03. The highest BCUT2D eigenvalue weighted by Crippen LogP contribution is 2.32. The van der Waals surface area contributed by atoms with Gasteiger partial charge in [0.25, 0.3) is 5.91 Å². The largest absolute Gasteiger partial charge is 0.368 e. The number of carbonyl (C=O) groups excluding carboxylic acids is 1. The summed E-state index contributed by atoms with van der Waals surface area (Å²) in [5.41, 5.74) is 1.86. The van der Waals surface area contributed by atoms with E-state index in [2.05, 4.69) is 36.5 Å². The second kappa shape index (κ2) is 6.90. The number of aliphatic imine (C=N–C) groups is 2. The molecule has 9 heteroatoms. The number of carbonyl (C=O) groups is 1. The Bertz CT molecular complexity index is 855. The van der Waals surface area contributed by atoms with Gasteiger partial charge in [0, 0.05) is 52.5 Å². The summed E-state index contributed by atoms with van der Waals surface area (Å²) in [6.07, 6.45) is 5.63. The molecule has 0 bridgehead atoms. The normalized spacial score (nSPS) is 26.6. The Morgan fingerprint density at radius 3 is 2.82 bits per heavy atom. The fraction of sp³-hybridized carbons (Fsp3) is 0.474. The van der Waals surface area contributed by atoms with Gasteiger partial charge in [-0.2, -0.15) is 0 Å². The van der Waals surface area contributed by atoms with E-state index in [1.807, 2.05) is 31.6 Å². The van der Waals surface area contributed by atoms with Crippen molar-refractivity contribution in [3.8, 4) is 0 Å². The van der Waals surface area contributed by atoms with Crippen molar-refractivity contribution in [1.82, 2.24) is 20.1 Å². The number of amides is 1. The fourth-order valence-corrected chi connectivity index (χ4v) is 4.06. The number of nitrogens with one attached hydrogen (secondary N) is 2. The van der Waals surface area contributed by atoms with E-state index in [1.54, 1.807) is 4.90 Å². The molecule has 5 rings (SSSR count). The highest BCUT2D eigenvalue weighted by molar-refractivity contribution is 6.01. The number of rotatable bonds is 2. The van der Waals surface area contributed by atoms with Gasteiger partial charge in [0.2, 0.25) is 5.96 Å². The molecule has 5 heterocycles. The summed E-state index contributed by atoms with van der Waals surface area (Å²) in [5, 5.41) is 6.56. The average molecular weight is 380 g/mol. The van der Waals surface area contributed by atoms with E-state index in [0.29, 0.717) is 18.3 Å². The maximum absolute atomic E-state index is 12.4. The molecule has 0 aliphatic carbocycles. The minimum absolute atomic E-state index is 0.0408. The molecule has 4 aliphatic heterocycles. The van der Waals surface area contributed by atoms with Gasteiger partial charge < -0.3 is 25.3 Å². The first-order valence-electron chi connectivity index (χ1n) is 9.74. The third kappa shape index (κ3) is 3.01. The van der Waals surface area contributed by atoms with Crippen LogP contribution >= 0.6 is 0 Å². The zero-order valence-corrected chi connectivity index (χ0v) is 15.9. The number of likely N-dealkylation sites (N-methyl/N-ethyl adjacent to an activating group) is 1. The average Bonchev–Trinajstić information content (AvgIpc) is 3.11. The Morgan fingerprint density at radius 1 is 1.18 bits per heavy atom. The number of hydrogen-bond donors (Lipinski definition) is 2. The van der Waals surface area contributed by atoms with Crippen molar-refractivity contribution in [2.45, 2.75) is 6.17 Å². The van der Waals surface area contributed by atoms with Crippen molar-refractivity contribution in [2.75, 3.05) is 56.5 Å². The first-order valence-corrected chi connectivity index (χ1v) is 9.74.